The quantitative estimate of drug-likeness (QED) is 0.614. The van der Waals surface area contributed by atoms with Crippen LogP contribution in [0.25, 0.3) is 22.5 Å². The predicted molar refractivity (Wildman–Crippen MR) is 69.6 cm³/mol. The number of benzene rings is 2. The highest BCUT2D eigenvalue weighted by atomic mass is 16.3. The molecule has 82 valence electrons. The van der Waals surface area contributed by atoms with Gasteiger partial charge >= 0.3 is 0 Å². The van der Waals surface area contributed by atoms with Gasteiger partial charge < -0.3 is 4.42 Å². The van der Waals surface area contributed by atoms with Gasteiger partial charge in [-0.15, -0.1) is 0 Å². The second-order valence-electron chi connectivity index (χ2n) is 3.92. The predicted octanol–water partition coefficient (Wildman–Crippen LogP) is 4.61. The number of furan rings is 1. The molecular weight excluding hydrogens is 208 g/mol. The van der Waals surface area contributed by atoms with Gasteiger partial charge in [-0.3, -0.25) is 0 Å². The molecule has 1 nitrogen and oxygen atoms in total. The Morgan fingerprint density at radius 1 is 0.588 bits per heavy atom. The third-order valence-electron chi connectivity index (χ3n) is 2.78. The molecule has 0 atom stereocenters. The maximum Gasteiger partial charge on any atom is 0.133 e. The SMILES string of the molecule is c1ccc(-c2cccc(-c3ccco3)c2)cc1. The van der Waals surface area contributed by atoms with Crippen LogP contribution in [0, 0.1) is 0 Å². The molecule has 2 aromatic carbocycles. The van der Waals surface area contributed by atoms with Crippen LogP contribution in [-0.4, -0.2) is 0 Å². The molecule has 0 radical (unpaired) electrons. The van der Waals surface area contributed by atoms with Crippen molar-refractivity contribution in [2.75, 3.05) is 0 Å². The van der Waals surface area contributed by atoms with Crippen molar-refractivity contribution < 1.29 is 4.42 Å². The van der Waals surface area contributed by atoms with Gasteiger partial charge in [0.15, 0.2) is 0 Å². The summed E-state index contributed by atoms with van der Waals surface area (Å²) in [5, 5.41) is 0. The summed E-state index contributed by atoms with van der Waals surface area (Å²) >= 11 is 0. The second-order valence-corrected chi connectivity index (χ2v) is 3.92. The minimum absolute atomic E-state index is 0.905. The fourth-order valence-corrected chi connectivity index (χ4v) is 1.93. The highest BCUT2D eigenvalue weighted by Gasteiger charge is 2.02. The lowest BCUT2D eigenvalue weighted by atomic mass is 10.0. The van der Waals surface area contributed by atoms with Crippen LogP contribution in [0.1, 0.15) is 0 Å². The summed E-state index contributed by atoms with van der Waals surface area (Å²) in [6.45, 7) is 0. The lowest BCUT2D eigenvalue weighted by molar-refractivity contribution is 0.582. The van der Waals surface area contributed by atoms with E-state index in [0.717, 1.165) is 11.3 Å². The molecule has 3 rings (SSSR count). The Kier molecular flexibility index (Phi) is 2.51. The van der Waals surface area contributed by atoms with Gasteiger partial charge in [0.1, 0.15) is 5.76 Å². The van der Waals surface area contributed by atoms with Gasteiger partial charge in [0.25, 0.3) is 0 Å². The molecule has 0 N–H and O–H groups in total. The number of hydrogen-bond donors (Lipinski definition) is 0. The maximum atomic E-state index is 5.41. The van der Waals surface area contributed by atoms with E-state index in [-0.39, 0.29) is 0 Å². The van der Waals surface area contributed by atoms with E-state index in [0.29, 0.717) is 0 Å². The van der Waals surface area contributed by atoms with Crippen molar-refractivity contribution in [2.24, 2.45) is 0 Å². The Labute approximate surface area is 100 Å². The highest BCUT2D eigenvalue weighted by molar-refractivity contribution is 5.70. The van der Waals surface area contributed by atoms with Crippen molar-refractivity contribution in [3.63, 3.8) is 0 Å². The summed E-state index contributed by atoms with van der Waals surface area (Å²) in [7, 11) is 0. The molecule has 0 unspecified atom stereocenters. The van der Waals surface area contributed by atoms with Crippen molar-refractivity contribution in [1.82, 2.24) is 0 Å². The van der Waals surface area contributed by atoms with Gasteiger partial charge in [-0.25, -0.2) is 0 Å². The monoisotopic (exact) mass is 220 g/mol. The van der Waals surface area contributed by atoms with Gasteiger partial charge in [-0.05, 0) is 29.3 Å². The van der Waals surface area contributed by atoms with E-state index < -0.39 is 0 Å². The summed E-state index contributed by atoms with van der Waals surface area (Å²) in [5.74, 6) is 0.905. The van der Waals surface area contributed by atoms with Gasteiger partial charge in [-0.2, -0.15) is 0 Å². The lowest BCUT2D eigenvalue weighted by Crippen LogP contribution is -1.79. The van der Waals surface area contributed by atoms with E-state index in [2.05, 4.69) is 48.5 Å². The highest BCUT2D eigenvalue weighted by Crippen LogP contribution is 2.26. The van der Waals surface area contributed by atoms with Crippen LogP contribution in [-0.2, 0) is 0 Å². The van der Waals surface area contributed by atoms with Crippen LogP contribution in [0.15, 0.2) is 77.4 Å². The molecule has 0 bridgehead atoms. The molecule has 0 aliphatic rings. The topological polar surface area (TPSA) is 13.1 Å². The Morgan fingerprint density at radius 3 is 2.12 bits per heavy atom. The summed E-state index contributed by atoms with van der Waals surface area (Å²) < 4.78 is 5.41. The molecule has 0 saturated carbocycles. The van der Waals surface area contributed by atoms with E-state index in [1.807, 2.05) is 18.2 Å². The molecule has 17 heavy (non-hydrogen) atoms. The Bertz CT molecular complexity index is 594. The van der Waals surface area contributed by atoms with E-state index >= 15 is 0 Å². The molecule has 1 heterocycles. The Morgan fingerprint density at radius 2 is 1.35 bits per heavy atom. The standard InChI is InChI=1S/C16H12O/c1-2-6-13(7-3-1)14-8-4-9-15(12-14)16-10-5-11-17-16/h1-12H. The van der Waals surface area contributed by atoms with Crippen LogP contribution in [0.4, 0.5) is 0 Å². The van der Waals surface area contributed by atoms with Crippen LogP contribution in [0.2, 0.25) is 0 Å². The summed E-state index contributed by atoms with van der Waals surface area (Å²) in [5.41, 5.74) is 3.54. The van der Waals surface area contributed by atoms with Crippen molar-refractivity contribution in [3.8, 4) is 22.5 Å². The maximum absolute atomic E-state index is 5.41. The third kappa shape index (κ3) is 2.00. The van der Waals surface area contributed by atoms with Crippen LogP contribution in [0.5, 0.6) is 0 Å². The van der Waals surface area contributed by atoms with Crippen LogP contribution >= 0.6 is 0 Å². The average Bonchev–Trinajstić information content (AvgIpc) is 2.94. The summed E-state index contributed by atoms with van der Waals surface area (Å²) in [6.07, 6.45) is 1.70. The molecule has 0 fully saturated rings. The molecule has 1 heteroatoms. The normalized spacial score (nSPS) is 10.4. The fraction of sp³-hybridized carbons (Fsp3) is 0. The van der Waals surface area contributed by atoms with Gasteiger partial charge in [0.2, 0.25) is 0 Å². The zero-order valence-electron chi connectivity index (χ0n) is 9.34. The Balaban J connectivity index is 2.06. The molecule has 0 spiro atoms. The fourth-order valence-electron chi connectivity index (χ4n) is 1.93. The van der Waals surface area contributed by atoms with E-state index in [9.17, 15) is 0 Å². The van der Waals surface area contributed by atoms with Gasteiger partial charge in [0, 0.05) is 5.56 Å². The largest absolute Gasteiger partial charge is 0.464 e. The number of rotatable bonds is 2. The zero-order valence-corrected chi connectivity index (χ0v) is 9.34. The summed E-state index contributed by atoms with van der Waals surface area (Å²) in [4.78, 5) is 0. The first-order valence-corrected chi connectivity index (χ1v) is 5.63. The molecule has 0 aliphatic heterocycles. The lowest BCUT2D eigenvalue weighted by Gasteiger charge is -2.03. The first kappa shape index (κ1) is 9.91. The first-order chi connectivity index (χ1) is 8.43. The van der Waals surface area contributed by atoms with Crippen molar-refractivity contribution in [1.29, 1.82) is 0 Å². The number of hydrogen-bond acceptors (Lipinski definition) is 1. The summed E-state index contributed by atoms with van der Waals surface area (Å²) in [6, 6.07) is 22.6. The molecule has 1 aromatic heterocycles. The zero-order chi connectivity index (χ0) is 11.5. The van der Waals surface area contributed by atoms with Crippen LogP contribution < -0.4 is 0 Å². The minimum Gasteiger partial charge on any atom is -0.464 e. The second kappa shape index (κ2) is 4.30. The third-order valence-corrected chi connectivity index (χ3v) is 2.78. The minimum atomic E-state index is 0.905. The Hall–Kier alpha value is -2.28. The molecule has 3 aromatic rings. The van der Waals surface area contributed by atoms with Crippen LogP contribution in [0.3, 0.4) is 0 Å². The molecular formula is C16H12O. The first-order valence-electron chi connectivity index (χ1n) is 5.63. The van der Waals surface area contributed by atoms with Gasteiger partial charge in [-0.1, -0.05) is 48.5 Å². The molecule has 0 aliphatic carbocycles. The smallest absolute Gasteiger partial charge is 0.133 e. The van der Waals surface area contributed by atoms with E-state index in [1.165, 1.54) is 11.1 Å². The van der Waals surface area contributed by atoms with E-state index in [1.54, 1.807) is 6.26 Å². The average molecular weight is 220 g/mol. The molecule has 0 saturated heterocycles. The van der Waals surface area contributed by atoms with Gasteiger partial charge in [0.05, 0.1) is 6.26 Å². The molecule has 0 amide bonds. The van der Waals surface area contributed by atoms with Crippen molar-refractivity contribution >= 4 is 0 Å². The van der Waals surface area contributed by atoms with Crippen molar-refractivity contribution in [3.05, 3.63) is 73.0 Å². The van der Waals surface area contributed by atoms with E-state index in [4.69, 9.17) is 4.42 Å². The van der Waals surface area contributed by atoms with Crippen molar-refractivity contribution in [2.45, 2.75) is 0 Å².